The largest absolute Gasteiger partial charge is 0.457 e. The molecule has 0 spiro atoms. The molecular formula is C11H14BrNO3. The van der Waals surface area contributed by atoms with Crippen LogP contribution in [-0.4, -0.2) is 25.2 Å². The molecule has 1 aliphatic heterocycles. The number of hydrogen-bond acceptors (Lipinski definition) is 3. The third kappa shape index (κ3) is 2.86. The number of furan rings is 1. The van der Waals surface area contributed by atoms with Gasteiger partial charge in [0.1, 0.15) is 0 Å². The highest BCUT2D eigenvalue weighted by Gasteiger charge is 2.17. The summed E-state index contributed by atoms with van der Waals surface area (Å²) in [6.45, 7) is 1.37. The predicted octanol–water partition coefficient (Wildman–Crippen LogP) is 2.34. The van der Waals surface area contributed by atoms with Crippen LogP contribution in [0.4, 0.5) is 0 Å². The van der Waals surface area contributed by atoms with Crippen LogP contribution in [0.5, 0.6) is 0 Å². The van der Waals surface area contributed by atoms with Crippen LogP contribution in [0.2, 0.25) is 0 Å². The van der Waals surface area contributed by atoms with E-state index >= 15 is 0 Å². The van der Waals surface area contributed by atoms with Crippen LogP contribution in [0.25, 0.3) is 0 Å². The van der Waals surface area contributed by atoms with Crippen LogP contribution in [0, 0.1) is 0 Å². The van der Waals surface area contributed by atoms with Crippen LogP contribution in [0.1, 0.15) is 29.6 Å². The number of halogens is 1. The third-order valence-corrected chi connectivity index (χ3v) is 3.24. The monoisotopic (exact) mass is 287 g/mol. The van der Waals surface area contributed by atoms with Crippen LogP contribution >= 0.6 is 15.9 Å². The average molecular weight is 288 g/mol. The van der Waals surface area contributed by atoms with Crippen molar-refractivity contribution in [2.75, 3.05) is 13.2 Å². The normalized spacial score (nSPS) is 20.7. The number of ether oxygens (including phenoxy) is 1. The summed E-state index contributed by atoms with van der Waals surface area (Å²) in [5, 5.41) is 2.84. The van der Waals surface area contributed by atoms with Gasteiger partial charge in [-0.1, -0.05) is 0 Å². The molecule has 1 fully saturated rings. The Balaban J connectivity index is 1.81. The minimum atomic E-state index is -0.130. The number of hydrogen-bond donors (Lipinski definition) is 1. The number of nitrogens with one attached hydrogen (secondary N) is 1. The molecule has 0 aliphatic carbocycles. The van der Waals surface area contributed by atoms with Gasteiger partial charge in [0.25, 0.3) is 5.91 Å². The number of amides is 1. The van der Waals surface area contributed by atoms with Crippen molar-refractivity contribution in [3.63, 3.8) is 0 Å². The maximum Gasteiger partial charge on any atom is 0.255 e. The molecule has 2 heterocycles. The van der Waals surface area contributed by atoms with Crippen molar-refractivity contribution in [1.29, 1.82) is 0 Å². The highest BCUT2D eigenvalue weighted by molar-refractivity contribution is 9.10. The molecular weight excluding hydrogens is 274 g/mol. The van der Waals surface area contributed by atoms with E-state index in [2.05, 4.69) is 21.2 Å². The molecule has 1 unspecified atom stereocenters. The van der Waals surface area contributed by atoms with Gasteiger partial charge in [-0.2, -0.15) is 0 Å². The summed E-state index contributed by atoms with van der Waals surface area (Å²) < 4.78 is 11.0. The fourth-order valence-electron chi connectivity index (χ4n) is 1.73. The van der Waals surface area contributed by atoms with Crippen molar-refractivity contribution in [1.82, 2.24) is 5.32 Å². The van der Waals surface area contributed by atoms with Gasteiger partial charge >= 0.3 is 0 Å². The summed E-state index contributed by atoms with van der Waals surface area (Å²) >= 11 is 3.17. The molecule has 1 saturated heterocycles. The lowest BCUT2D eigenvalue weighted by molar-refractivity contribution is 0.0169. The summed E-state index contributed by atoms with van der Waals surface area (Å²) in [6, 6.07) is 1.64. The molecule has 1 aromatic rings. The Hall–Kier alpha value is -0.810. The fraction of sp³-hybridized carbons (Fsp3) is 0.545. The van der Waals surface area contributed by atoms with E-state index in [1.165, 1.54) is 12.7 Å². The molecule has 1 aromatic heterocycles. The van der Waals surface area contributed by atoms with Crippen molar-refractivity contribution in [2.24, 2.45) is 0 Å². The van der Waals surface area contributed by atoms with Crippen molar-refractivity contribution >= 4 is 21.8 Å². The lowest BCUT2D eigenvalue weighted by Crippen LogP contribution is -2.35. The van der Waals surface area contributed by atoms with Gasteiger partial charge in [0, 0.05) is 13.2 Å². The van der Waals surface area contributed by atoms with Gasteiger partial charge in [0.15, 0.2) is 4.67 Å². The van der Waals surface area contributed by atoms with Gasteiger partial charge in [0.2, 0.25) is 0 Å². The first-order chi connectivity index (χ1) is 7.77. The standard InChI is InChI=1S/C11H14BrNO3/c12-10-9(4-6-16-10)11(14)13-7-8-3-1-2-5-15-8/h4,6,8H,1-3,5,7H2,(H,13,14). The summed E-state index contributed by atoms with van der Waals surface area (Å²) in [5.74, 6) is -0.130. The highest BCUT2D eigenvalue weighted by Crippen LogP contribution is 2.17. The van der Waals surface area contributed by atoms with Gasteiger partial charge in [-0.3, -0.25) is 4.79 Å². The SMILES string of the molecule is O=C(NCC1CCCCO1)c1ccoc1Br. The smallest absolute Gasteiger partial charge is 0.255 e. The Bertz CT molecular complexity index is 358. The van der Waals surface area contributed by atoms with E-state index in [-0.39, 0.29) is 12.0 Å². The maximum atomic E-state index is 11.7. The molecule has 4 nitrogen and oxygen atoms in total. The zero-order valence-corrected chi connectivity index (χ0v) is 10.5. The second kappa shape index (κ2) is 5.50. The quantitative estimate of drug-likeness (QED) is 0.928. The number of carbonyl (C=O) groups is 1. The first-order valence-corrected chi connectivity index (χ1v) is 6.19. The van der Waals surface area contributed by atoms with E-state index < -0.39 is 0 Å². The molecule has 5 heteroatoms. The Morgan fingerprint density at radius 2 is 2.44 bits per heavy atom. The molecule has 1 aliphatic rings. The van der Waals surface area contributed by atoms with Crippen LogP contribution in [0.3, 0.4) is 0 Å². The zero-order valence-electron chi connectivity index (χ0n) is 8.87. The molecule has 1 amide bonds. The molecule has 0 bridgehead atoms. The first-order valence-electron chi connectivity index (χ1n) is 5.40. The highest BCUT2D eigenvalue weighted by atomic mass is 79.9. The molecule has 2 rings (SSSR count). The Labute approximate surface area is 102 Å². The Morgan fingerprint density at radius 3 is 3.06 bits per heavy atom. The molecule has 88 valence electrons. The molecule has 16 heavy (non-hydrogen) atoms. The number of rotatable bonds is 3. The van der Waals surface area contributed by atoms with E-state index in [0.717, 1.165) is 19.4 Å². The minimum absolute atomic E-state index is 0.130. The molecule has 1 atom stereocenters. The van der Waals surface area contributed by atoms with Crippen molar-refractivity contribution in [3.05, 3.63) is 22.6 Å². The van der Waals surface area contributed by atoms with Crippen molar-refractivity contribution in [3.8, 4) is 0 Å². The van der Waals surface area contributed by atoms with Gasteiger partial charge in [-0.15, -0.1) is 0 Å². The van der Waals surface area contributed by atoms with Gasteiger partial charge in [-0.05, 0) is 41.3 Å². The lowest BCUT2D eigenvalue weighted by atomic mass is 10.1. The average Bonchev–Trinajstić information content (AvgIpc) is 2.74. The number of carbonyl (C=O) groups excluding carboxylic acids is 1. The summed E-state index contributed by atoms with van der Waals surface area (Å²) in [7, 11) is 0. The fourth-order valence-corrected chi connectivity index (χ4v) is 2.15. The summed E-state index contributed by atoms with van der Waals surface area (Å²) in [5.41, 5.74) is 0.524. The predicted molar refractivity (Wildman–Crippen MR) is 62.3 cm³/mol. The zero-order chi connectivity index (χ0) is 11.4. The summed E-state index contributed by atoms with van der Waals surface area (Å²) in [4.78, 5) is 11.7. The lowest BCUT2D eigenvalue weighted by Gasteiger charge is -2.22. The molecule has 0 aromatic carbocycles. The Morgan fingerprint density at radius 1 is 1.56 bits per heavy atom. The van der Waals surface area contributed by atoms with Crippen LogP contribution in [0.15, 0.2) is 21.4 Å². The topological polar surface area (TPSA) is 51.5 Å². The maximum absolute atomic E-state index is 11.7. The molecule has 0 radical (unpaired) electrons. The minimum Gasteiger partial charge on any atom is -0.457 e. The summed E-state index contributed by atoms with van der Waals surface area (Å²) in [6.07, 6.45) is 4.96. The van der Waals surface area contributed by atoms with E-state index in [1.54, 1.807) is 6.07 Å². The Kier molecular flexibility index (Phi) is 4.01. The van der Waals surface area contributed by atoms with E-state index in [1.807, 2.05) is 0 Å². The molecule has 0 saturated carbocycles. The van der Waals surface area contributed by atoms with Gasteiger partial charge < -0.3 is 14.5 Å². The molecule has 1 N–H and O–H groups in total. The van der Waals surface area contributed by atoms with E-state index in [0.29, 0.717) is 16.8 Å². The second-order valence-corrected chi connectivity index (χ2v) is 4.53. The van der Waals surface area contributed by atoms with Gasteiger partial charge in [-0.25, -0.2) is 0 Å². The van der Waals surface area contributed by atoms with E-state index in [9.17, 15) is 4.79 Å². The van der Waals surface area contributed by atoms with Crippen molar-refractivity contribution in [2.45, 2.75) is 25.4 Å². The van der Waals surface area contributed by atoms with Gasteiger partial charge in [0.05, 0.1) is 17.9 Å². The van der Waals surface area contributed by atoms with Crippen LogP contribution in [-0.2, 0) is 4.74 Å². The van der Waals surface area contributed by atoms with E-state index in [4.69, 9.17) is 9.15 Å². The first kappa shape index (κ1) is 11.7. The third-order valence-electron chi connectivity index (χ3n) is 2.63. The second-order valence-electron chi connectivity index (χ2n) is 3.81. The van der Waals surface area contributed by atoms with Crippen molar-refractivity contribution < 1.29 is 13.9 Å². The van der Waals surface area contributed by atoms with Crippen LogP contribution < -0.4 is 5.32 Å².